The quantitative estimate of drug-likeness (QED) is 0.328. The highest BCUT2D eigenvalue weighted by atomic mass is 16.6. The van der Waals surface area contributed by atoms with Crippen LogP contribution in [0.5, 0.6) is 0 Å². The molecular formula is C9H16O5. The van der Waals surface area contributed by atoms with Crippen molar-refractivity contribution in [2.24, 2.45) is 0 Å². The van der Waals surface area contributed by atoms with Gasteiger partial charge in [-0.25, -0.2) is 4.79 Å². The van der Waals surface area contributed by atoms with Gasteiger partial charge in [0.25, 0.3) is 0 Å². The highest BCUT2D eigenvalue weighted by molar-refractivity contribution is 5.89. The standard InChI is InChI=1S/C9H16O5/c1-5(10)4-8(6(2)11)9(13)14-7(3)12/h4-7,10-12H,1-3H3. The van der Waals surface area contributed by atoms with Crippen LogP contribution in [0, 0.1) is 0 Å². The molecule has 0 aliphatic carbocycles. The summed E-state index contributed by atoms with van der Waals surface area (Å²) in [6.45, 7) is 4.09. The predicted octanol–water partition coefficient (Wildman–Crippen LogP) is -0.444. The summed E-state index contributed by atoms with van der Waals surface area (Å²) in [6.07, 6.45) is -1.97. The van der Waals surface area contributed by atoms with Crippen molar-refractivity contribution in [2.45, 2.75) is 39.3 Å². The van der Waals surface area contributed by atoms with Gasteiger partial charge >= 0.3 is 5.97 Å². The summed E-state index contributed by atoms with van der Waals surface area (Å²) in [6, 6.07) is 0. The molecule has 5 nitrogen and oxygen atoms in total. The maximum absolute atomic E-state index is 11.2. The van der Waals surface area contributed by atoms with Crippen molar-refractivity contribution in [1.29, 1.82) is 0 Å². The van der Waals surface area contributed by atoms with Crippen molar-refractivity contribution in [2.75, 3.05) is 0 Å². The van der Waals surface area contributed by atoms with Crippen LogP contribution in [0.2, 0.25) is 0 Å². The second kappa shape index (κ2) is 5.74. The SMILES string of the molecule is CC(O)C=C(C(=O)OC(C)O)C(C)O. The van der Waals surface area contributed by atoms with Crippen LogP contribution in [0.3, 0.4) is 0 Å². The largest absolute Gasteiger partial charge is 0.433 e. The van der Waals surface area contributed by atoms with E-state index < -0.39 is 24.5 Å². The number of hydrogen-bond donors (Lipinski definition) is 3. The smallest absolute Gasteiger partial charge is 0.338 e. The molecule has 0 radical (unpaired) electrons. The van der Waals surface area contributed by atoms with Crippen LogP contribution in [0.1, 0.15) is 20.8 Å². The van der Waals surface area contributed by atoms with Crippen LogP contribution >= 0.6 is 0 Å². The second-order valence-electron chi connectivity index (χ2n) is 3.04. The third-order valence-electron chi connectivity index (χ3n) is 1.38. The average molecular weight is 204 g/mol. The molecule has 0 aromatic heterocycles. The fourth-order valence-electron chi connectivity index (χ4n) is 0.861. The van der Waals surface area contributed by atoms with Gasteiger partial charge in [0.15, 0.2) is 6.29 Å². The Hall–Kier alpha value is -0.910. The zero-order valence-corrected chi connectivity index (χ0v) is 8.47. The highest BCUT2D eigenvalue weighted by Gasteiger charge is 2.18. The molecule has 0 spiro atoms. The summed E-state index contributed by atoms with van der Waals surface area (Å²) >= 11 is 0. The predicted molar refractivity (Wildman–Crippen MR) is 49.2 cm³/mol. The summed E-state index contributed by atoms with van der Waals surface area (Å²) in [5.41, 5.74) is -0.0686. The lowest BCUT2D eigenvalue weighted by molar-refractivity contribution is -0.160. The molecule has 0 rings (SSSR count). The van der Waals surface area contributed by atoms with Crippen LogP contribution in [-0.2, 0) is 9.53 Å². The van der Waals surface area contributed by atoms with E-state index in [0.717, 1.165) is 0 Å². The Balaban J connectivity index is 4.59. The third-order valence-corrected chi connectivity index (χ3v) is 1.38. The van der Waals surface area contributed by atoms with Gasteiger partial charge in [0.2, 0.25) is 0 Å². The summed E-state index contributed by atoms with van der Waals surface area (Å²) in [7, 11) is 0. The van der Waals surface area contributed by atoms with Crippen molar-refractivity contribution < 1.29 is 24.9 Å². The Bertz CT molecular complexity index is 217. The lowest BCUT2D eigenvalue weighted by atomic mass is 10.1. The van der Waals surface area contributed by atoms with Crippen LogP contribution in [0.4, 0.5) is 0 Å². The van der Waals surface area contributed by atoms with Gasteiger partial charge in [0.05, 0.1) is 17.8 Å². The molecule has 14 heavy (non-hydrogen) atoms. The van der Waals surface area contributed by atoms with E-state index in [1.807, 2.05) is 0 Å². The number of ether oxygens (including phenoxy) is 1. The number of carbonyl (C=O) groups excluding carboxylic acids is 1. The Morgan fingerprint density at radius 1 is 1.21 bits per heavy atom. The molecule has 0 bridgehead atoms. The van der Waals surface area contributed by atoms with E-state index in [2.05, 4.69) is 4.74 Å². The molecule has 0 saturated heterocycles. The first-order valence-corrected chi connectivity index (χ1v) is 4.31. The lowest BCUT2D eigenvalue weighted by Crippen LogP contribution is -2.22. The zero-order chi connectivity index (χ0) is 11.3. The normalized spacial score (nSPS) is 18.6. The monoisotopic (exact) mass is 204 g/mol. The Kier molecular flexibility index (Phi) is 5.37. The molecule has 3 N–H and O–H groups in total. The van der Waals surface area contributed by atoms with E-state index >= 15 is 0 Å². The third kappa shape index (κ3) is 4.96. The fraction of sp³-hybridized carbons (Fsp3) is 0.667. The summed E-state index contributed by atoms with van der Waals surface area (Å²) in [4.78, 5) is 11.2. The Labute approximate surface area is 82.6 Å². The van der Waals surface area contributed by atoms with Gasteiger partial charge in [-0.2, -0.15) is 0 Å². The molecule has 0 aromatic carbocycles. The molecule has 0 amide bonds. The minimum Gasteiger partial charge on any atom is -0.433 e. The van der Waals surface area contributed by atoms with E-state index in [4.69, 9.17) is 10.2 Å². The number of rotatable bonds is 4. The summed E-state index contributed by atoms with van der Waals surface area (Å²) < 4.78 is 4.45. The van der Waals surface area contributed by atoms with E-state index in [9.17, 15) is 9.90 Å². The maximum Gasteiger partial charge on any atom is 0.338 e. The van der Waals surface area contributed by atoms with Gasteiger partial charge in [-0.15, -0.1) is 0 Å². The fourth-order valence-corrected chi connectivity index (χ4v) is 0.861. The van der Waals surface area contributed by atoms with Gasteiger partial charge < -0.3 is 20.1 Å². The van der Waals surface area contributed by atoms with Crippen molar-refractivity contribution in [3.8, 4) is 0 Å². The molecule has 0 aliphatic rings. The Morgan fingerprint density at radius 3 is 2.00 bits per heavy atom. The lowest BCUT2D eigenvalue weighted by Gasteiger charge is -2.12. The van der Waals surface area contributed by atoms with Crippen LogP contribution in [0.25, 0.3) is 0 Å². The summed E-state index contributed by atoms with van der Waals surface area (Å²) in [5.74, 6) is -0.837. The maximum atomic E-state index is 11.2. The minimum absolute atomic E-state index is 0.0686. The number of aliphatic hydroxyl groups is 3. The van der Waals surface area contributed by atoms with Crippen LogP contribution < -0.4 is 0 Å². The zero-order valence-electron chi connectivity index (χ0n) is 8.47. The number of esters is 1. The molecule has 3 unspecified atom stereocenters. The molecule has 0 heterocycles. The molecule has 0 fully saturated rings. The van der Waals surface area contributed by atoms with Crippen molar-refractivity contribution in [1.82, 2.24) is 0 Å². The van der Waals surface area contributed by atoms with Crippen LogP contribution in [-0.4, -0.2) is 39.8 Å². The molecule has 0 aromatic rings. The number of aliphatic hydroxyl groups excluding tert-OH is 3. The molecule has 0 saturated carbocycles. The Morgan fingerprint density at radius 2 is 1.71 bits per heavy atom. The van der Waals surface area contributed by atoms with Crippen molar-refractivity contribution >= 4 is 5.97 Å². The van der Waals surface area contributed by atoms with E-state index in [1.54, 1.807) is 0 Å². The molecular weight excluding hydrogens is 188 g/mol. The van der Waals surface area contributed by atoms with Crippen molar-refractivity contribution in [3.05, 3.63) is 11.6 Å². The van der Waals surface area contributed by atoms with Crippen LogP contribution in [0.15, 0.2) is 11.6 Å². The van der Waals surface area contributed by atoms with E-state index in [-0.39, 0.29) is 5.57 Å². The van der Waals surface area contributed by atoms with Gasteiger partial charge in [-0.3, -0.25) is 0 Å². The molecule has 5 heteroatoms. The van der Waals surface area contributed by atoms with Crippen molar-refractivity contribution in [3.63, 3.8) is 0 Å². The topological polar surface area (TPSA) is 87.0 Å². The molecule has 82 valence electrons. The van der Waals surface area contributed by atoms with Gasteiger partial charge in [0, 0.05) is 0 Å². The first-order valence-electron chi connectivity index (χ1n) is 4.31. The number of carbonyl (C=O) groups is 1. The first-order chi connectivity index (χ1) is 6.34. The highest BCUT2D eigenvalue weighted by Crippen LogP contribution is 2.07. The van der Waals surface area contributed by atoms with Gasteiger partial charge in [-0.05, 0) is 26.8 Å². The minimum atomic E-state index is -1.24. The second-order valence-corrected chi connectivity index (χ2v) is 3.04. The molecule has 3 atom stereocenters. The summed E-state index contributed by atoms with van der Waals surface area (Å²) in [5, 5.41) is 27.0. The first kappa shape index (κ1) is 13.1. The van der Waals surface area contributed by atoms with E-state index in [1.165, 1.54) is 26.8 Å². The number of hydrogen-bond acceptors (Lipinski definition) is 5. The van der Waals surface area contributed by atoms with Gasteiger partial charge in [-0.1, -0.05) is 0 Å². The average Bonchev–Trinajstić information content (AvgIpc) is 1.97. The van der Waals surface area contributed by atoms with Gasteiger partial charge in [0.1, 0.15) is 0 Å². The van der Waals surface area contributed by atoms with E-state index in [0.29, 0.717) is 0 Å². The molecule has 0 aliphatic heterocycles.